The molecule has 0 N–H and O–H groups in total. The van der Waals surface area contributed by atoms with Crippen LogP contribution < -0.4 is 4.90 Å². The number of nitriles is 1. The largest absolute Gasteiger partial charge is 0.335 e. The maximum atomic E-state index is 8.71. The summed E-state index contributed by atoms with van der Waals surface area (Å²) in [6.07, 6.45) is 3.08. The number of hydrogen-bond acceptors (Lipinski definition) is 6. The fourth-order valence-corrected chi connectivity index (χ4v) is 3.37. The second-order valence-electron chi connectivity index (χ2n) is 5.43. The molecule has 0 unspecified atom stereocenters. The normalized spacial score (nSPS) is 27.3. The molecule has 2 aliphatic heterocycles. The Labute approximate surface area is 112 Å². The molecule has 0 bridgehead atoms. The molecule has 102 valence electrons. The molecule has 0 saturated carbocycles. The Morgan fingerprint density at radius 3 is 3.05 bits per heavy atom. The van der Waals surface area contributed by atoms with Crippen molar-refractivity contribution in [3.63, 3.8) is 0 Å². The predicted molar refractivity (Wildman–Crippen MR) is 69.3 cm³/mol. The highest BCUT2D eigenvalue weighted by atomic mass is 15.6. The van der Waals surface area contributed by atoms with Crippen LogP contribution in [0.15, 0.2) is 0 Å². The Kier molecular flexibility index (Phi) is 3.34. The monoisotopic (exact) mass is 261 g/mol. The van der Waals surface area contributed by atoms with Crippen LogP contribution in [-0.2, 0) is 7.05 Å². The zero-order valence-electron chi connectivity index (χ0n) is 11.2. The number of nitrogens with zero attached hydrogens (tertiary/aromatic N) is 7. The van der Waals surface area contributed by atoms with Gasteiger partial charge in [0.15, 0.2) is 0 Å². The number of aromatic nitrogens is 4. The third kappa shape index (κ3) is 2.28. The van der Waals surface area contributed by atoms with E-state index in [1.165, 1.54) is 12.8 Å². The van der Waals surface area contributed by atoms with Gasteiger partial charge < -0.3 is 4.90 Å². The third-order valence-corrected chi connectivity index (χ3v) is 4.25. The van der Waals surface area contributed by atoms with Gasteiger partial charge in [0.2, 0.25) is 5.95 Å². The number of fused-ring (bicyclic) bond motifs is 1. The first-order chi connectivity index (χ1) is 9.29. The van der Waals surface area contributed by atoms with E-state index >= 15 is 0 Å². The number of aryl methyl sites for hydroxylation is 1. The van der Waals surface area contributed by atoms with Gasteiger partial charge >= 0.3 is 0 Å². The summed E-state index contributed by atoms with van der Waals surface area (Å²) in [7, 11) is 1.89. The Balaban J connectivity index is 1.74. The molecule has 2 atom stereocenters. The summed E-state index contributed by atoms with van der Waals surface area (Å²) in [6, 6.07) is 2.73. The Morgan fingerprint density at radius 1 is 1.42 bits per heavy atom. The van der Waals surface area contributed by atoms with Gasteiger partial charge in [-0.3, -0.25) is 4.90 Å². The molecule has 0 aromatic carbocycles. The molecule has 19 heavy (non-hydrogen) atoms. The SMILES string of the molecule is Cn1nnnc1N1CCC[C@H]2CN(CCC#N)C[C@H]21. The van der Waals surface area contributed by atoms with Crippen molar-refractivity contribution < 1.29 is 0 Å². The van der Waals surface area contributed by atoms with E-state index in [2.05, 4.69) is 31.4 Å². The molecular formula is C12H19N7. The van der Waals surface area contributed by atoms with Crippen molar-refractivity contribution >= 4 is 5.95 Å². The zero-order valence-corrected chi connectivity index (χ0v) is 11.2. The van der Waals surface area contributed by atoms with Gasteiger partial charge in [-0.05, 0) is 29.2 Å². The Hall–Kier alpha value is -1.68. The van der Waals surface area contributed by atoms with Crippen LogP contribution in [0.25, 0.3) is 0 Å². The molecular weight excluding hydrogens is 242 g/mol. The van der Waals surface area contributed by atoms with E-state index in [0.29, 0.717) is 18.4 Å². The first kappa shape index (κ1) is 12.4. The summed E-state index contributed by atoms with van der Waals surface area (Å²) in [6.45, 7) is 4.04. The van der Waals surface area contributed by atoms with Crippen LogP contribution in [0.5, 0.6) is 0 Å². The summed E-state index contributed by atoms with van der Waals surface area (Å²) in [5.74, 6) is 1.56. The van der Waals surface area contributed by atoms with Gasteiger partial charge in [0.25, 0.3) is 0 Å². The van der Waals surface area contributed by atoms with Crippen molar-refractivity contribution in [1.82, 2.24) is 25.1 Å². The lowest BCUT2D eigenvalue weighted by Gasteiger charge is -2.36. The number of piperidine rings is 1. The summed E-state index contributed by atoms with van der Waals surface area (Å²) in [5, 5.41) is 20.5. The molecule has 0 amide bonds. The van der Waals surface area contributed by atoms with E-state index < -0.39 is 0 Å². The number of rotatable bonds is 3. The molecule has 1 aromatic heterocycles. The fourth-order valence-electron chi connectivity index (χ4n) is 3.37. The molecule has 2 fully saturated rings. The quantitative estimate of drug-likeness (QED) is 0.764. The van der Waals surface area contributed by atoms with Crippen molar-refractivity contribution in [2.24, 2.45) is 13.0 Å². The predicted octanol–water partition coefficient (Wildman–Crippen LogP) is 0.0244. The van der Waals surface area contributed by atoms with Crippen LogP contribution in [0, 0.1) is 17.2 Å². The van der Waals surface area contributed by atoms with Gasteiger partial charge in [-0.15, -0.1) is 0 Å². The summed E-state index contributed by atoms with van der Waals surface area (Å²) in [5.41, 5.74) is 0. The van der Waals surface area contributed by atoms with E-state index in [-0.39, 0.29) is 0 Å². The molecule has 1 aromatic rings. The maximum Gasteiger partial charge on any atom is 0.245 e. The van der Waals surface area contributed by atoms with Crippen LogP contribution in [0.2, 0.25) is 0 Å². The van der Waals surface area contributed by atoms with Crippen molar-refractivity contribution in [3.8, 4) is 6.07 Å². The Bertz CT molecular complexity index is 477. The first-order valence-electron chi connectivity index (χ1n) is 6.88. The van der Waals surface area contributed by atoms with Crippen molar-refractivity contribution in [2.45, 2.75) is 25.3 Å². The van der Waals surface area contributed by atoms with E-state index in [1.54, 1.807) is 4.68 Å². The number of anilines is 1. The topological polar surface area (TPSA) is 73.9 Å². The van der Waals surface area contributed by atoms with E-state index in [9.17, 15) is 0 Å². The number of likely N-dealkylation sites (tertiary alicyclic amines) is 1. The zero-order chi connectivity index (χ0) is 13.2. The summed E-state index contributed by atoms with van der Waals surface area (Å²) in [4.78, 5) is 4.75. The Morgan fingerprint density at radius 2 is 2.32 bits per heavy atom. The lowest BCUT2D eigenvalue weighted by molar-refractivity contribution is 0.327. The van der Waals surface area contributed by atoms with Crippen LogP contribution in [-0.4, -0.2) is 57.3 Å². The van der Waals surface area contributed by atoms with Gasteiger partial charge in [0.05, 0.1) is 6.07 Å². The summed E-state index contributed by atoms with van der Waals surface area (Å²) < 4.78 is 1.75. The average Bonchev–Trinajstić information content (AvgIpc) is 3.01. The average molecular weight is 261 g/mol. The maximum absolute atomic E-state index is 8.71. The van der Waals surface area contributed by atoms with Crippen molar-refractivity contribution in [3.05, 3.63) is 0 Å². The number of tetrazole rings is 1. The molecule has 2 saturated heterocycles. The molecule has 3 rings (SSSR count). The second-order valence-corrected chi connectivity index (χ2v) is 5.43. The van der Waals surface area contributed by atoms with E-state index in [4.69, 9.17) is 5.26 Å². The lowest BCUT2D eigenvalue weighted by Crippen LogP contribution is -2.46. The first-order valence-corrected chi connectivity index (χ1v) is 6.88. The highest BCUT2D eigenvalue weighted by Crippen LogP contribution is 2.32. The second kappa shape index (κ2) is 5.13. The molecule has 0 spiro atoms. The molecule has 0 aliphatic carbocycles. The summed E-state index contributed by atoms with van der Waals surface area (Å²) >= 11 is 0. The van der Waals surface area contributed by atoms with Crippen LogP contribution in [0.4, 0.5) is 5.95 Å². The number of hydrogen-bond donors (Lipinski definition) is 0. The van der Waals surface area contributed by atoms with Gasteiger partial charge in [-0.1, -0.05) is 5.10 Å². The molecule has 7 nitrogen and oxygen atoms in total. The van der Waals surface area contributed by atoms with E-state index in [0.717, 1.165) is 32.1 Å². The van der Waals surface area contributed by atoms with Gasteiger partial charge in [0.1, 0.15) is 0 Å². The highest BCUT2D eigenvalue weighted by Gasteiger charge is 2.40. The smallest absolute Gasteiger partial charge is 0.245 e. The minimum atomic E-state index is 0.497. The standard InChI is InChI=1S/C12H19N7/c1-17-12(14-15-16-17)19-7-2-4-10-8-18(6-3-5-13)9-11(10)19/h10-11H,2-4,6-9H2,1H3/t10-,11+/m0/s1. The van der Waals surface area contributed by atoms with Crippen molar-refractivity contribution in [2.75, 3.05) is 31.1 Å². The van der Waals surface area contributed by atoms with Crippen LogP contribution in [0.1, 0.15) is 19.3 Å². The fraction of sp³-hybridized carbons (Fsp3) is 0.833. The van der Waals surface area contributed by atoms with E-state index in [1.807, 2.05) is 7.05 Å². The van der Waals surface area contributed by atoms with Gasteiger partial charge in [-0.2, -0.15) is 5.26 Å². The molecule has 7 heteroatoms. The lowest BCUT2D eigenvalue weighted by atomic mass is 9.92. The minimum Gasteiger partial charge on any atom is -0.335 e. The van der Waals surface area contributed by atoms with Crippen LogP contribution >= 0.6 is 0 Å². The van der Waals surface area contributed by atoms with Gasteiger partial charge in [0, 0.05) is 45.7 Å². The van der Waals surface area contributed by atoms with Crippen LogP contribution in [0.3, 0.4) is 0 Å². The molecule has 3 heterocycles. The minimum absolute atomic E-state index is 0.497. The third-order valence-electron chi connectivity index (χ3n) is 4.25. The van der Waals surface area contributed by atoms with Crippen molar-refractivity contribution in [1.29, 1.82) is 5.26 Å². The highest BCUT2D eigenvalue weighted by molar-refractivity contribution is 5.32. The molecule has 0 radical (unpaired) electrons. The molecule has 2 aliphatic rings. The van der Waals surface area contributed by atoms with Gasteiger partial charge in [-0.25, -0.2) is 4.68 Å².